The predicted octanol–water partition coefficient (Wildman–Crippen LogP) is 0.215. The van der Waals surface area contributed by atoms with Crippen molar-refractivity contribution < 1.29 is 9.90 Å². The Balaban J connectivity index is 1.80. The molecule has 1 unspecified atom stereocenters. The number of nitrogens with one attached hydrogen (secondary N) is 1. The quantitative estimate of drug-likeness (QED) is 0.721. The minimum Gasteiger partial charge on any atom is -0.386 e. The first kappa shape index (κ1) is 11.9. The van der Waals surface area contributed by atoms with Gasteiger partial charge in [0.05, 0.1) is 18.7 Å². The summed E-state index contributed by atoms with van der Waals surface area (Å²) >= 11 is 0. The lowest BCUT2D eigenvalue weighted by Gasteiger charge is -2.48. The molecule has 1 amide bonds. The molecule has 2 N–H and O–H groups in total. The van der Waals surface area contributed by atoms with Crippen LogP contribution in [0.2, 0.25) is 0 Å². The second kappa shape index (κ2) is 4.34. The summed E-state index contributed by atoms with van der Waals surface area (Å²) < 4.78 is 0. The molecule has 2 aliphatic heterocycles. The lowest BCUT2D eigenvalue weighted by molar-refractivity contribution is -0.162. The van der Waals surface area contributed by atoms with E-state index in [1.165, 1.54) is 0 Å². The van der Waals surface area contributed by atoms with Crippen LogP contribution < -0.4 is 5.32 Å². The van der Waals surface area contributed by atoms with Gasteiger partial charge in [0.15, 0.2) is 0 Å². The molecular formula is C12H22N2O2. The van der Waals surface area contributed by atoms with E-state index in [-0.39, 0.29) is 11.8 Å². The van der Waals surface area contributed by atoms with Crippen LogP contribution in [0.5, 0.6) is 0 Å². The van der Waals surface area contributed by atoms with E-state index < -0.39 is 5.60 Å². The zero-order valence-electron chi connectivity index (χ0n) is 10.2. The van der Waals surface area contributed by atoms with Crippen molar-refractivity contribution in [2.45, 2.75) is 32.3 Å². The summed E-state index contributed by atoms with van der Waals surface area (Å²) in [5, 5.41) is 13.2. The standard InChI is InChI=1S/C12H22N2O2/c1-3-4-12(16)7-14(8-12)11(15)9(2)10-5-13-6-10/h9-10,13,16H,3-8H2,1-2H3. The second-order valence-corrected chi connectivity index (χ2v) is 5.38. The Labute approximate surface area is 97.0 Å². The molecule has 4 nitrogen and oxygen atoms in total. The average Bonchev–Trinajstić information content (AvgIpc) is 2.10. The first-order chi connectivity index (χ1) is 7.56. The molecule has 0 radical (unpaired) electrons. The van der Waals surface area contributed by atoms with E-state index in [9.17, 15) is 9.90 Å². The fourth-order valence-electron chi connectivity index (χ4n) is 2.60. The monoisotopic (exact) mass is 226 g/mol. The molecule has 0 aromatic rings. The van der Waals surface area contributed by atoms with Crippen molar-refractivity contribution in [3.63, 3.8) is 0 Å². The normalized spacial score (nSPS) is 25.8. The Hall–Kier alpha value is -0.610. The summed E-state index contributed by atoms with van der Waals surface area (Å²) in [5.41, 5.74) is -0.595. The molecule has 0 aliphatic carbocycles. The minimum absolute atomic E-state index is 0.104. The number of carbonyl (C=O) groups excluding carboxylic acids is 1. The summed E-state index contributed by atoms with van der Waals surface area (Å²) in [4.78, 5) is 13.8. The van der Waals surface area contributed by atoms with Gasteiger partial charge >= 0.3 is 0 Å². The van der Waals surface area contributed by atoms with Crippen LogP contribution in [0.25, 0.3) is 0 Å². The van der Waals surface area contributed by atoms with Gasteiger partial charge in [0.1, 0.15) is 0 Å². The van der Waals surface area contributed by atoms with Gasteiger partial charge in [-0.25, -0.2) is 0 Å². The highest BCUT2D eigenvalue weighted by Crippen LogP contribution is 2.29. The first-order valence-electron chi connectivity index (χ1n) is 6.27. The molecule has 0 saturated carbocycles. The van der Waals surface area contributed by atoms with E-state index in [0.29, 0.717) is 19.0 Å². The maximum Gasteiger partial charge on any atom is 0.225 e. The van der Waals surface area contributed by atoms with Gasteiger partial charge in [0.2, 0.25) is 5.91 Å². The lowest BCUT2D eigenvalue weighted by Crippen LogP contribution is -2.65. The number of hydrogen-bond acceptors (Lipinski definition) is 3. The van der Waals surface area contributed by atoms with Crippen LogP contribution >= 0.6 is 0 Å². The van der Waals surface area contributed by atoms with Crippen molar-refractivity contribution in [2.24, 2.45) is 11.8 Å². The average molecular weight is 226 g/mol. The molecule has 4 heteroatoms. The van der Waals surface area contributed by atoms with E-state index in [2.05, 4.69) is 12.2 Å². The van der Waals surface area contributed by atoms with Crippen LogP contribution in [0, 0.1) is 11.8 Å². The molecule has 92 valence electrons. The molecule has 2 saturated heterocycles. The largest absolute Gasteiger partial charge is 0.386 e. The third-order valence-electron chi connectivity index (χ3n) is 3.91. The van der Waals surface area contributed by atoms with Crippen LogP contribution in [0.3, 0.4) is 0 Å². The highest BCUT2D eigenvalue weighted by atomic mass is 16.3. The van der Waals surface area contributed by atoms with Crippen molar-refractivity contribution in [3.8, 4) is 0 Å². The summed E-state index contributed by atoms with van der Waals surface area (Å²) in [6, 6.07) is 0. The van der Waals surface area contributed by atoms with E-state index in [4.69, 9.17) is 0 Å². The topological polar surface area (TPSA) is 52.6 Å². The maximum atomic E-state index is 12.0. The van der Waals surface area contributed by atoms with Crippen LogP contribution in [-0.2, 0) is 4.79 Å². The van der Waals surface area contributed by atoms with Crippen molar-refractivity contribution in [2.75, 3.05) is 26.2 Å². The number of nitrogens with zero attached hydrogens (tertiary/aromatic N) is 1. The van der Waals surface area contributed by atoms with Crippen LogP contribution in [0.15, 0.2) is 0 Å². The summed E-state index contributed by atoms with van der Waals surface area (Å²) in [6.07, 6.45) is 1.77. The Morgan fingerprint density at radius 3 is 2.62 bits per heavy atom. The SMILES string of the molecule is CCCC1(O)CN(C(=O)C(C)C2CNC2)C1. The molecule has 2 heterocycles. The molecule has 0 aromatic heterocycles. The van der Waals surface area contributed by atoms with Gasteiger partial charge in [0.25, 0.3) is 0 Å². The molecule has 2 fully saturated rings. The van der Waals surface area contributed by atoms with Crippen molar-refractivity contribution in [3.05, 3.63) is 0 Å². The van der Waals surface area contributed by atoms with Crippen molar-refractivity contribution in [1.82, 2.24) is 10.2 Å². The smallest absolute Gasteiger partial charge is 0.225 e. The molecular weight excluding hydrogens is 204 g/mol. The van der Waals surface area contributed by atoms with E-state index in [1.54, 1.807) is 4.90 Å². The highest BCUT2D eigenvalue weighted by Gasteiger charge is 2.45. The lowest BCUT2D eigenvalue weighted by atomic mass is 9.84. The van der Waals surface area contributed by atoms with Crippen LogP contribution in [0.4, 0.5) is 0 Å². The second-order valence-electron chi connectivity index (χ2n) is 5.38. The minimum atomic E-state index is -0.595. The maximum absolute atomic E-state index is 12.0. The Morgan fingerprint density at radius 1 is 1.56 bits per heavy atom. The number of β-amino-alcohol motifs (C(OH)–C–C–N with tert-alkyl or cyclic N) is 1. The van der Waals surface area contributed by atoms with Gasteiger partial charge in [-0.2, -0.15) is 0 Å². The van der Waals surface area contributed by atoms with Crippen LogP contribution in [0.1, 0.15) is 26.7 Å². The third kappa shape index (κ3) is 2.09. The zero-order chi connectivity index (χ0) is 11.8. The van der Waals surface area contributed by atoms with Gasteiger partial charge in [-0.3, -0.25) is 4.79 Å². The molecule has 1 atom stereocenters. The number of carbonyl (C=O) groups is 1. The molecule has 0 bridgehead atoms. The van der Waals surface area contributed by atoms with E-state index >= 15 is 0 Å². The Bertz CT molecular complexity index is 270. The van der Waals surface area contributed by atoms with Gasteiger partial charge in [0, 0.05) is 5.92 Å². The van der Waals surface area contributed by atoms with Gasteiger partial charge in [-0.1, -0.05) is 20.3 Å². The first-order valence-corrected chi connectivity index (χ1v) is 6.27. The van der Waals surface area contributed by atoms with Gasteiger partial charge in [-0.15, -0.1) is 0 Å². The number of amides is 1. The fraction of sp³-hybridized carbons (Fsp3) is 0.917. The zero-order valence-corrected chi connectivity index (χ0v) is 10.2. The molecule has 16 heavy (non-hydrogen) atoms. The summed E-state index contributed by atoms with van der Waals surface area (Å²) in [7, 11) is 0. The molecule has 2 rings (SSSR count). The van der Waals surface area contributed by atoms with Crippen molar-refractivity contribution >= 4 is 5.91 Å². The predicted molar refractivity (Wildman–Crippen MR) is 62.0 cm³/mol. The summed E-state index contributed by atoms with van der Waals surface area (Å²) in [6.45, 7) is 7.05. The molecule has 0 aromatic carbocycles. The number of aliphatic hydroxyl groups is 1. The Morgan fingerprint density at radius 2 is 2.19 bits per heavy atom. The van der Waals surface area contributed by atoms with Gasteiger partial charge < -0.3 is 15.3 Å². The Kier molecular flexibility index (Phi) is 3.22. The molecule has 2 aliphatic rings. The van der Waals surface area contributed by atoms with Gasteiger partial charge in [-0.05, 0) is 25.4 Å². The van der Waals surface area contributed by atoms with E-state index in [1.807, 2.05) is 6.92 Å². The molecule has 0 spiro atoms. The van der Waals surface area contributed by atoms with Crippen LogP contribution in [-0.4, -0.2) is 47.7 Å². The van der Waals surface area contributed by atoms with Crippen molar-refractivity contribution in [1.29, 1.82) is 0 Å². The fourth-order valence-corrected chi connectivity index (χ4v) is 2.60. The highest BCUT2D eigenvalue weighted by molar-refractivity contribution is 5.80. The number of likely N-dealkylation sites (tertiary alicyclic amines) is 1. The third-order valence-corrected chi connectivity index (χ3v) is 3.91. The van der Waals surface area contributed by atoms with E-state index in [0.717, 1.165) is 25.9 Å². The number of rotatable bonds is 4. The number of hydrogen-bond donors (Lipinski definition) is 2. The summed E-state index contributed by atoms with van der Waals surface area (Å²) in [5.74, 6) is 0.812.